The first-order chi connectivity index (χ1) is 9.45. The molecule has 1 heterocycles. The minimum absolute atomic E-state index is 0.162. The molecule has 0 atom stereocenters. The summed E-state index contributed by atoms with van der Waals surface area (Å²) in [7, 11) is 0. The molecule has 0 saturated heterocycles. The summed E-state index contributed by atoms with van der Waals surface area (Å²) in [6.07, 6.45) is 0. The van der Waals surface area contributed by atoms with E-state index in [9.17, 15) is 22.0 Å². The lowest BCUT2D eigenvalue weighted by Crippen LogP contribution is -2.09. The zero-order chi connectivity index (χ0) is 14.9. The Morgan fingerprint density at radius 3 is 2.00 bits per heavy atom. The van der Waals surface area contributed by atoms with Gasteiger partial charge >= 0.3 is 0 Å². The molecule has 0 spiro atoms. The van der Waals surface area contributed by atoms with Crippen molar-refractivity contribution < 1.29 is 22.0 Å². The lowest BCUT2D eigenvalue weighted by atomic mass is 10.2. The number of anilines is 1. The van der Waals surface area contributed by atoms with E-state index in [-0.39, 0.29) is 6.54 Å². The molecule has 104 valence electrons. The second-order valence-electron chi connectivity index (χ2n) is 3.68. The van der Waals surface area contributed by atoms with Crippen LogP contribution in [-0.2, 0) is 6.54 Å². The third kappa shape index (κ3) is 2.44. The van der Waals surface area contributed by atoms with Crippen LogP contribution < -0.4 is 5.32 Å². The summed E-state index contributed by atoms with van der Waals surface area (Å²) < 4.78 is 65.4. The molecule has 2 aromatic rings. The fourth-order valence-electron chi connectivity index (χ4n) is 1.47. The van der Waals surface area contributed by atoms with E-state index in [4.69, 9.17) is 5.26 Å². The van der Waals surface area contributed by atoms with Crippen molar-refractivity contribution >= 4 is 17.0 Å². The van der Waals surface area contributed by atoms with Crippen molar-refractivity contribution in [3.05, 3.63) is 51.0 Å². The van der Waals surface area contributed by atoms with Gasteiger partial charge in [0.2, 0.25) is 5.82 Å². The van der Waals surface area contributed by atoms with Crippen LogP contribution in [0.2, 0.25) is 0 Å². The first-order valence-electron chi connectivity index (χ1n) is 5.19. The third-order valence-electron chi connectivity index (χ3n) is 2.42. The van der Waals surface area contributed by atoms with Gasteiger partial charge in [-0.25, -0.2) is 22.0 Å². The van der Waals surface area contributed by atoms with Gasteiger partial charge in [-0.1, -0.05) is 0 Å². The Labute approximate surface area is 114 Å². The van der Waals surface area contributed by atoms with Crippen LogP contribution in [0.3, 0.4) is 0 Å². The van der Waals surface area contributed by atoms with Gasteiger partial charge in [-0.2, -0.15) is 5.26 Å². The smallest absolute Gasteiger partial charge is 0.200 e. The van der Waals surface area contributed by atoms with Crippen LogP contribution >= 0.6 is 11.3 Å². The van der Waals surface area contributed by atoms with Crippen LogP contribution in [0.4, 0.5) is 27.6 Å². The van der Waals surface area contributed by atoms with E-state index >= 15 is 0 Å². The number of nitriles is 1. The Morgan fingerprint density at radius 2 is 1.50 bits per heavy atom. The molecule has 2 nitrogen and oxygen atoms in total. The summed E-state index contributed by atoms with van der Waals surface area (Å²) in [6.45, 7) is -0.162. The van der Waals surface area contributed by atoms with Crippen molar-refractivity contribution in [2.45, 2.75) is 6.54 Å². The number of benzene rings is 1. The van der Waals surface area contributed by atoms with Crippen LogP contribution in [0.15, 0.2) is 12.1 Å². The highest BCUT2D eigenvalue weighted by molar-refractivity contribution is 7.12. The molecule has 1 aromatic heterocycles. The second-order valence-corrected chi connectivity index (χ2v) is 4.84. The quantitative estimate of drug-likeness (QED) is 0.530. The van der Waals surface area contributed by atoms with Gasteiger partial charge in [0.05, 0.1) is 0 Å². The molecule has 1 aromatic carbocycles. The predicted molar refractivity (Wildman–Crippen MR) is 62.6 cm³/mol. The molecule has 0 unspecified atom stereocenters. The number of nitrogens with one attached hydrogen (secondary N) is 1. The number of rotatable bonds is 3. The van der Waals surface area contributed by atoms with Crippen LogP contribution in [0.25, 0.3) is 0 Å². The zero-order valence-corrected chi connectivity index (χ0v) is 10.4. The average Bonchev–Trinajstić information content (AvgIpc) is 2.91. The summed E-state index contributed by atoms with van der Waals surface area (Å²) in [4.78, 5) is 0.893. The molecule has 0 saturated carbocycles. The van der Waals surface area contributed by atoms with Gasteiger partial charge in [0, 0.05) is 11.4 Å². The Bertz CT molecular complexity index is 676. The van der Waals surface area contributed by atoms with E-state index in [1.807, 2.05) is 6.07 Å². The number of hydrogen-bond donors (Lipinski definition) is 1. The average molecular weight is 304 g/mol. The molecular formula is C12H5F5N2S. The second kappa shape index (κ2) is 5.46. The summed E-state index contributed by atoms with van der Waals surface area (Å²) in [5.74, 6) is -10.0. The van der Waals surface area contributed by atoms with Crippen molar-refractivity contribution in [1.82, 2.24) is 0 Å². The van der Waals surface area contributed by atoms with Gasteiger partial charge in [-0.15, -0.1) is 11.3 Å². The monoisotopic (exact) mass is 304 g/mol. The van der Waals surface area contributed by atoms with Crippen LogP contribution in [0.5, 0.6) is 0 Å². The third-order valence-corrected chi connectivity index (χ3v) is 3.41. The largest absolute Gasteiger partial charge is 0.375 e. The lowest BCUT2D eigenvalue weighted by molar-refractivity contribution is 0.381. The van der Waals surface area contributed by atoms with Crippen molar-refractivity contribution in [1.29, 1.82) is 5.26 Å². The Hall–Kier alpha value is -2.14. The molecular weight excluding hydrogens is 299 g/mol. The van der Waals surface area contributed by atoms with Gasteiger partial charge in [0.1, 0.15) is 16.6 Å². The molecule has 0 amide bonds. The fraction of sp³-hybridized carbons (Fsp3) is 0.0833. The van der Waals surface area contributed by atoms with Crippen molar-refractivity contribution in [2.75, 3.05) is 5.32 Å². The maximum Gasteiger partial charge on any atom is 0.200 e. The van der Waals surface area contributed by atoms with Gasteiger partial charge in [-0.3, -0.25) is 0 Å². The maximum atomic E-state index is 13.3. The highest BCUT2D eigenvalue weighted by Crippen LogP contribution is 2.28. The van der Waals surface area contributed by atoms with Gasteiger partial charge < -0.3 is 5.32 Å². The van der Waals surface area contributed by atoms with Crippen LogP contribution in [0.1, 0.15) is 9.75 Å². The van der Waals surface area contributed by atoms with E-state index < -0.39 is 34.8 Å². The van der Waals surface area contributed by atoms with Crippen LogP contribution in [0, 0.1) is 40.4 Å². The SMILES string of the molecule is N#Cc1ccc(CNc2c(F)c(F)c(F)c(F)c2F)s1. The molecule has 0 radical (unpaired) electrons. The molecule has 20 heavy (non-hydrogen) atoms. The number of halogens is 5. The van der Waals surface area contributed by atoms with E-state index in [1.54, 1.807) is 0 Å². The predicted octanol–water partition coefficient (Wildman–Crippen LogP) is 3.93. The van der Waals surface area contributed by atoms with Crippen molar-refractivity contribution in [3.8, 4) is 6.07 Å². The molecule has 0 fully saturated rings. The van der Waals surface area contributed by atoms with E-state index in [2.05, 4.69) is 5.32 Å². The Kier molecular flexibility index (Phi) is 3.90. The topological polar surface area (TPSA) is 35.8 Å². The molecule has 0 aliphatic heterocycles. The summed E-state index contributed by atoms with van der Waals surface area (Å²) in [5, 5.41) is 10.8. The number of hydrogen-bond acceptors (Lipinski definition) is 3. The van der Waals surface area contributed by atoms with Crippen LogP contribution in [-0.4, -0.2) is 0 Å². The number of nitrogens with zero attached hydrogens (tertiary/aromatic N) is 1. The first-order valence-corrected chi connectivity index (χ1v) is 6.01. The normalized spacial score (nSPS) is 10.4. The molecule has 0 bridgehead atoms. The Balaban J connectivity index is 2.28. The van der Waals surface area contributed by atoms with Gasteiger partial charge in [0.15, 0.2) is 23.3 Å². The lowest BCUT2D eigenvalue weighted by Gasteiger charge is -2.09. The van der Waals surface area contributed by atoms with E-state index in [0.29, 0.717) is 9.75 Å². The minimum atomic E-state index is -2.20. The van der Waals surface area contributed by atoms with Crippen molar-refractivity contribution in [3.63, 3.8) is 0 Å². The molecule has 2 rings (SSSR count). The van der Waals surface area contributed by atoms with Crippen molar-refractivity contribution in [2.24, 2.45) is 0 Å². The first kappa shape index (κ1) is 14.3. The minimum Gasteiger partial charge on any atom is -0.375 e. The van der Waals surface area contributed by atoms with Gasteiger partial charge in [0.25, 0.3) is 0 Å². The highest BCUT2D eigenvalue weighted by atomic mass is 32.1. The molecule has 1 N–H and O–H groups in total. The standard InChI is InChI=1S/C12H5F5N2S/c13-7-8(14)10(16)12(11(17)9(7)15)19-4-6-2-1-5(3-18)20-6/h1-2,19H,4H2. The maximum absolute atomic E-state index is 13.3. The number of thiophene rings is 1. The van der Waals surface area contributed by atoms with E-state index in [1.165, 1.54) is 12.1 Å². The highest BCUT2D eigenvalue weighted by Gasteiger charge is 2.25. The van der Waals surface area contributed by atoms with E-state index in [0.717, 1.165) is 11.3 Å². The Morgan fingerprint density at radius 1 is 0.950 bits per heavy atom. The molecule has 0 aliphatic carbocycles. The molecule has 8 heteroatoms. The summed E-state index contributed by atoms with van der Waals surface area (Å²) >= 11 is 1.05. The summed E-state index contributed by atoms with van der Waals surface area (Å²) in [5.41, 5.74) is -1.09. The molecule has 0 aliphatic rings. The van der Waals surface area contributed by atoms with Gasteiger partial charge in [-0.05, 0) is 12.1 Å². The zero-order valence-electron chi connectivity index (χ0n) is 9.61. The summed E-state index contributed by atoms with van der Waals surface area (Å²) in [6, 6.07) is 4.87. The fourth-order valence-corrected chi connectivity index (χ4v) is 2.21.